The van der Waals surface area contributed by atoms with Gasteiger partial charge in [0, 0.05) is 6.61 Å². The van der Waals surface area contributed by atoms with Gasteiger partial charge in [0.05, 0.1) is 0 Å². The highest BCUT2D eigenvalue weighted by Gasteiger charge is 2.12. The van der Waals surface area contributed by atoms with Gasteiger partial charge in [-0.15, -0.1) is 0 Å². The van der Waals surface area contributed by atoms with E-state index >= 15 is 0 Å². The third-order valence-electron chi connectivity index (χ3n) is 9.70. The Kier molecular flexibility index (Phi) is 25.9. The van der Waals surface area contributed by atoms with Crippen molar-refractivity contribution in [2.75, 3.05) is 6.61 Å². The number of rotatable bonds is 28. The van der Waals surface area contributed by atoms with Crippen molar-refractivity contribution in [2.45, 2.75) is 190 Å². The fraction of sp³-hybridized carbons (Fsp3) is 1.00. The molecule has 0 aromatic carbocycles. The van der Waals surface area contributed by atoms with Crippen LogP contribution in [0.2, 0.25) is 0 Å². The predicted octanol–water partition coefficient (Wildman–Crippen LogP) is 12.6. The minimum absolute atomic E-state index is 0.358. The summed E-state index contributed by atoms with van der Waals surface area (Å²) in [6.45, 7) is 20.0. The van der Waals surface area contributed by atoms with Crippen LogP contribution in [0.25, 0.3) is 0 Å². The second kappa shape index (κ2) is 25.9. The first-order chi connectivity index (χ1) is 18.2. The van der Waals surface area contributed by atoms with E-state index in [1.54, 1.807) is 0 Å². The van der Waals surface area contributed by atoms with E-state index in [-0.39, 0.29) is 0 Å². The molecular formula is C37H76O. The first-order valence-corrected chi connectivity index (χ1v) is 17.8. The minimum atomic E-state index is 0.358. The van der Waals surface area contributed by atoms with E-state index in [4.69, 9.17) is 5.11 Å². The Morgan fingerprint density at radius 1 is 0.342 bits per heavy atom. The summed E-state index contributed by atoms with van der Waals surface area (Å²) >= 11 is 0. The molecule has 1 heteroatoms. The van der Waals surface area contributed by atoms with Crippen molar-refractivity contribution in [3.63, 3.8) is 0 Å². The zero-order valence-electron chi connectivity index (χ0n) is 28.0. The molecule has 1 nitrogen and oxygen atoms in total. The van der Waals surface area contributed by atoms with Crippen molar-refractivity contribution >= 4 is 0 Å². The Labute approximate surface area is 243 Å². The molecule has 7 atom stereocenters. The Bertz CT molecular complexity index is 473. The van der Waals surface area contributed by atoms with Crippen LogP contribution >= 0.6 is 0 Å². The van der Waals surface area contributed by atoms with E-state index in [0.29, 0.717) is 6.61 Å². The lowest BCUT2D eigenvalue weighted by atomic mass is 9.87. The standard InChI is InChI=1S/C37H76O/c1-9-10-17-32(3)23-25-35(6)26-24-34(5)22-16-21-31(2)18-12-11-13-20-36(7)30-37(8)28-27-33(4)19-14-15-29-38/h31-38H,9-30H2,1-8H3. The normalized spacial score (nSPS) is 17.6. The van der Waals surface area contributed by atoms with Gasteiger partial charge in [-0.05, 0) is 54.3 Å². The molecule has 0 aliphatic rings. The van der Waals surface area contributed by atoms with Crippen LogP contribution in [0.1, 0.15) is 190 Å². The van der Waals surface area contributed by atoms with Gasteiger partial charge >= 0.3 is 0 Å². The number of hydrogen-bond acceptors (Lipinski definition) is 1. The number of aliphatic hydroxyl groups excluding tert-OH is 1. The summed E-state index contributed by atoms with van der Waals surface area (Å²) in [5.74, 6) is 6.27. The van der Waals surface area contributed by atoms with Crippen LogP contribution < -0.4 is 0 Å². The highest BCUT2D eigenvalue weighted by Crippen LogP contribution is 2.27. The van der Waals surface area contributed by atoms with Crippen molar-refractivity contribution in [3.05, 3.63) is 0 Å². The van der Waals surface area contributed by atoms with E-state index in [9.17, 15) is 0 Å². The van der Waals surface area contributed by atoms with Gasteiger partial charge in [-0.2, -0.15) is 0 Å². The fourth-order valence-corrected chi connectivity index (χ4v) is 6.49. The van der Waals surface area contributed by atoms with Gasteiger partial charge in [0.1, 0.15) is 0 Å². The van der Waals surface area contributed by atoms with E-state index in [0.717, 1.165) is 47.8 Å². The van der Waals surface area contributed by atoms with Crippen LogP contribution in [-0.2, 0) is 0 Å². The molecule has 0 rings (SSSR count). The molecule has 0 radical (unpaired) electrons. The van der Waals surface area contributed by atoms with Crippen molar-refractivity contribution in [1.82, 2.24) is 0 Å². The van der Waals surface area contributed by atoms with Gasteiger partial charge in [0.15, 0.2) is 0 Å². The van der Waals surface area contributed by atoms with Gasteiger partial charge in [-0.1, -0.05) is 177 Å². The maximum atomic E-state index is 8.95. The third-order valence-corrected chi connectivity index (χ3v) is 9.70. The fourth-order valence-electron chi connectivity index (χ4n) is 6.49. The summed E-state index contributed by atoms with van der Waals surface area (Å²) in [7, 11) is 0. The average molecular weight is 537 g/mol. The monoisotopic (exact) mass is 537 g/mol. The predicted molar refractivity (Wildman–Crippen MR) is 174 cm³/mol. The van der Waals surface area contributed by atoms with Gasteiger partial charge in [0.2, 0.25) is 0 Å². The Morgan fingerprint density at radius 3 is 1.13 bits per heavy atom. The molecule has 230 valence electrons. The van der Waals surface area contributed by atoms with Crippen LogP contribution in [-0.4, -0.2) is 11.7 Å². The van der Waals surface area contributed by atoms with Crippen molar-refractivity contribution in [1.29, 1.82) is 0 Å². The first kappa shape index (κ1) is 38.0. The van der Waals surface area contributed by atoms with E-state index in [1.165, 1.54) is 128 Å². The van der Waals surface area contributed by atoms with Gasteiger partial charge in [0.25, 0.3) is 0 Å². The summed E-state index contributed by atoms with van der Waals surface area (Å²) in [6.07, 6.45) is 29.1. The molecule has 0 spiro atoms. The largest absolute Gasteiger partial charge is 0.396 e. The summed E-state index contributed by atoms with van der Waals surface area (Å²) < 4.78 is 0. The average Bonchev–Trinajstić information content (AvgIpc) is 2.88. The molecule has 7 unspecified atom stereocenters. The SMILES string of the molecule is CCCCC(C)CCC(C)CCC(C)CCCC(C)CCCCCC(C)CC(C)CCC(C)CCCCO. The van der Waals surface area contributed by atoms with Crippen LogP contribution in [0.3, 0.4) is 0 Å². The molecule has 0 aromatic rings. The van der Waals surface area contributed by atoms with Crippen LogP contribution in [0.5, 0.6) is 0 Å². The molecule has 0 aromatic heterocycles. The number of unbranched alkanes of at least 4 members (excludes halogenated alkanes) is 4. The molecule has 0 heterocycles. The highest BCUT2D eigenvalue weighted by atomic mass is 16.2. The highest BCUT2D eigenvalue weighted by molar-refractivity contribution is 4.65. The molecule has 0 saturated carbocycles. The lowest BCUT2D eigenvalue weighted by Crippen LogP contribution is -2.06. The van der Waals surface area contributed by atoms with Gasteiger partial charge < -0.3 is 5.11 Å². The molecule has 38 heavy (non-hydrogen) atoms. The van der Waals surface area contributed by atoms with Crippen LogP contribution in [0.15, 0.2) is 0 Å². The molecule has 0 aliphatic heterocycles. The van der Waals surface area contributed by atoms with Crippen LogP contribution in [0.4, 0.5) is 0 Å². The lowest BCUT2D eigenvalue weighted by molar-refractivity contribution is 0.275. The van der Waals surface area contributed by atoms with Crippen molar-refractivity contribution in [3.8, 4) is 0 Å². The summed E-state index contributed by atoms with van der Waals surface area (Å²) in [6, 6.07) is 0. The zero-order chi connectivity index (χ0) is 28.6. The summed E-state index contributed by atoms with van der Waals surface area (Å²) in [5, 5.41) is 8.95. The topological polar surface area (TPSA) is 20.2 Å². The maximum absolute atomic E-state index is 8.95. The summed E-state index contributed by atoms with van der Waals surface area (Å²) in [4.78, 5) is 0. The first-order valence-electron chi connectivity index (χ1n) is 17.8. The molecule has 0 fully saturated rings. The second-order valence-corrected chi connectivity index (χ2v) is 14.6. The van der Waals surface area contributed by atoms with Crippen LogP contribution in [0, 0.1) is 41.4 Å². The quantitative estimate of drug-likeness (QED) is 0.0985. The second-order valence-electron chi connectivity index (χ2n) is 14.6. The smallest absolute Gasteiger partial charge is 0.0431 e. The molecule has 1 N–H and O–H groups in total. The van der Waals surface area contributed by atoms with E-state index in [1.807, 2.05) is 0 Å². The number of hydrogen-bond donors (Lipinski definition) is 1. The lowest BCUT2D eigenvalue weighted by Gasteiger charge is -2.19. The maximum Gasteiger partial charge on any atom is 0.0431 e. The van der Waals surface area contributed by atoms with E-state index in [2.05, 4.69) is 55.4 Å². The molecule has 0 aliphatic carbocycles. The zero-order valence-corrected chi connectivity index (χ0v) is 28.0. The van der Waals surface area contributed by atoms with Crippen molar-refractivity contribution in [2.24, 2.45) is 41.4 Å². The van der Waals surface area contributed by atoms with E-state index < -0.39 is 0 Å². The van der Waals surface area contributed by atoms with Crippen molar-refractivity contribution < 1.29 is 5.11 Å². The minimum Gasteiger partial charge on any atom is -0.396 e. The Morgan fingerprint density at radius 2 is 0.658 bits per heavy atom. The molecule has 0 saturated heterocycles. The molecule has 0 bridgehead atoms. The Hall–Kier alpha value is -0.0400. The Balaban J connectivity index is 3.69. The number of aliphatic hydroxyl groups is 1. The molecular weight excluding hydrogens is 460 g/mol. The third kappa shape index (κ3) is 25.0. The molecule has 0 amide bonds. The van der Waals surface area contributed by atoms with Gasteiger partial charge in [-0.25, -0.2) is 0 Å². The summed E-state index contributed by atoms with van der Waals surface area (Å²) in [5.41, 5.74) is 0. The van der Waals surface area contributed by atoms with Gasteiger partial charge in [-0.3, -0.25) is 0 Å².